The molecular weight excluding hydrogens is 356 g/mol. The number of rotatable bonds is 6. The number of aromatic nitrogens is 4. The summed E-state index contributed by atoms with van der Waals surface area (Å²) in [4.78, 5) is 28.1. The van der Waals surface area contributed by atoms with Crippen LogP contribution in [0.25, 0.3) is 5.65 Å². The van der Waals surface area contributed by atoms with Crippen molar-refractivity contribution >= 4 is 17.4 Å². The topological polar surface area (TPSA) is 84.6 Å². The lowest BCUT2D eigenvalue weighted by Gasteiger charge is -2.17. The zero-order chi connectivity index (χ0) is 19.5. The number of aryl methyl sites for hydroxylation is 2. The van der Waals surface area contributed by atoms with Gasteiger partial charge in [0.1, 0.15) is 29.6 Å². The highest BCUT2D eigenvalue weighted by molar-refractivity contribution is 5.94. The maximum absolute atomic E-state index is 12.6. The van der Waals surface area contributed by atoms with Crippen LogP contribution in [-0.2, 0) is 0 Å². The van der Waals surface area contributed by atoms with Gasteiger partial charge in [-0.25, -0.2) is 9.97 Å². The van der Waals surface area contributed by atoms with Crippen molar-refractivity contribution in [2.75, 3.05) is 31.1 Å². The van der Waals surface area contributed by atoms with Crippen molar-refractivity contribution in [3.05, 3.63) is 47.7 Å². The third kappa shape index (κ3) is 3.76. The van der Waals surface area contributed by atoms with Crippen molar-refractivity contribution in [1.82, 2.24) is 24.7 Å². The Hall–Kier alpha value is -3.16. The SMILES string of the molecule is Cc1nc(OCCNC(=O)c2c(C)nc3ccccn23)cc(N2CCCC2)n1. The normalized spacial score (nSPS) is 13.9. The van der Waals surface area contributed by atoms with Gasteiger partial charge in [-0.3, -0.25) is 9.20 Å². The molecule has 0 atom stereocenters. The van der Waals surface area contributed by atoms with E-state index in [0.29, 0.717) is 36.2 Å². The van der Waals surface area contributed by atoms with E-state index in [1.54, 1.807) is 4.40 Å². The average molecular weight is 380 g/mol. The molecule has 28 heavy (non-hydrogen) atoms. The smallest absolute Gasteiger partial charge is 0.270 e. The summed E-state index contributed by atoms with van der Waals surface area (Å²) >= 11 is 0. The lowest BCUT2D eigenvalue weighted by molar-refractivity contribution is 0.0940. The van der Waals surface area contributed by atoms with Crippen molar-refractivity contribution in [1.29, 1.82) is 0 Å². The molecule has 1 aliphatic rings. The summed E-state index contributed by atoms with van der Waals surface area (Å²) < 4.78 is 7.55. The molecular formula is C20H24N6O2. The molecule has 1 fully saturated rings. The zero-order valence-electron chi connectivity index (χ0n) is 16.2. The summed E-state index contributed by atoms with van der Waals surface area (Å²) in [6, 6.07) is 7.53. The van der Waals surface area contributed by atoms with E-state index in [0.717, 1.165) is 24.6 Å². The second kappa shape index (κ2) is 7.84. The van der Waals surface area contributed by atoms with Crippen molar-refractivity contribution in [3.63, 3.8) is 0 Å². The highest BCUT2D eigenvalue weighted by atomic mass is 16.5. The Morgan fingerprint density at radius 3 is 2.82 bits per heavy atom. The van der Waals surface area contributed by atoms with Gasteiger partial charge in [0, 0.05) is 25.4 Å². The molecule has 0 spiro atoms. The number of ether oxygens (including phenoxy) is 1. The van der Waals surface area contributed by atoms with E-state index in [2.05, 4.69) is 25.2 Å². The fourth-order valence-electron chi connectivity index (χ4n) is 3.50. The Bertz CT molecular complexity index is 994. The van der Waals surface area contributed by atoms with Crippen LogP contribution in [0, 0.1) is 13.8 Å². The number of nitrogens with zero attached hydrogens (tertiary/aromatic N) is 5. The largest absolute Gasteiger partial charge is 0.476 e. The third-order valence-corrected chi connectivity index (χ3v) is 4.79. The van der Waals surface area contributed by atoms with E-state index in [-0.39, 0.29) is 5.91 Å². The Labute approximate surface area is 163 Å². The van der Waals surface area contributed by atoms with Gasteiger partial charge in [0.15, 0.2) is 0 Å². The molecule has 0 radical (unpaired) electrons. The van der Waals surface area contributed by atoms with E-state index < -0.39 is 0 Å². The number of pyridine rings is 1. The van der Waals surface area contributed by atoms with Gasteiger partial charge in [-0.05, 0) is 38.8 Å². The van der Waals surface area contributed by atoms with Gasteiger partial charge in [0.05, 0.1) is 12.2 Å². The summed E-state index contributed by atoms with van der Waals surface area (Å²) in [6.07, 6.45) is 4.21. The first-order valence-corrected chi connectivity index (χ1v) is 9.57. The van der Waals surface area contributed by atoms with Crippen molar-refractivity contribution in [2.24, 2.45) is 0 Å². The molecule has 1 N–H and O–H groups in total. The minimum Gasteiger partial charge on any atom is -0.476 e. The number of hydrogen-bond donors (Lipinski definition) is 1. The quantitative estimate of drug-likeness (QED) is 0.660. The Morgan fingerprint density at radius 2 is 2.00 bits per heavy atom. The molecule has 8 heteroatoms. The first-order chi connectivity index (χ1) is 13.6. The van der Waals surface area contributed by atoms with E-state index in [4.69, 9.17) is 4.74 Å². The second-order valence-electron chi connectivity index (χ2n) is 6.88. The Balaban J connectivity index is 1.35. The van der Waals surface area contributed by atoms with Gasteiger partial charge >= 0.3 is 0 Å². The zero-order valence-corrected chi connectivity index (χ0v) is 16.2. The molecule has 0 unspecified atom stereocenters. The molecule has 0 aliphatic carbocycles. The van der Waals surface area contributed by atoms with Gasteiger partial charge in [-0.2, -0.15) is 4.98 Å². The monoisotopic (exact) mass is 380 g/mol. The Morgan fingerprint density at radius 1 is 1.18 bits per heavy atom. The molecule has 1 amide bonds. The Kier molecular flexibility index (Phi) is 5.10. The second-order valence-corrected chi connectivity index (χ2v) is 6.88. The van der Waals surface area contributed by atoms with Crippen LogP contribution in [0.15, 0.2) is 30.5 Å². The fourth-order valence-corrected chi connectivity index (χ4v) is 3.50. The molecule has 3 aromatic rings. The maximum Gasteiger partial charge on any atom is 0.270 e. The van der Waals surface area contributed by atoms with Gasteiger partial charge in [0.2, 0.25) is 5.88 Å². The van der Waals surface area contributed by atoms with Crippen LogP contribution >= 0.6 is 0 Å². The van der Waals surface area contributed by atoms with Crippen LogP contribution in [0.4, 0.5) is 5.82 Å². The minimum absolute atomic E-state index is 0.170. The highest BCUT2D eigenvalue weighted by Crippen LogP contribution is 2.21. The van der Waals surface area contributed by atoms with Crippen molar-refractivity contribution in [2.45, 2.75) is 26.7 Å². The molecule has 3 aromatic heterocycles. The summed E-state index contributed by atoms with van der Waals surface area (Å²) in [5.74, 6) is 1.96. The summed E-state index contributed by atoms with van der Waals surface area (Å²) in [7, 11) is 0. The predicted molar refractivity (Wildman–Crippen MR) is 106 cm³/mol. The van der Waals surface area contributed by atoms with E-state index >= 15 is 0 Å². The van der Waals surface area contributed by atoms with Gasteiger partial charge in [0.25, 0.3) is 5.91 Å². The number of anilines is 1. The van der Waals surface area contributed by atoms with Crippen molar-refractivity contribution < 1.29 is 9.53 Å². The first-order valence-electron chi connectivity index (χ1n) is 9.57. The lowest BCUT2D eigenvalue weighted by atomic mass is 10.3. The molecule has 1 saturated heterocycles. The number of imidazole rings is 1. The average Bonchev–Trinajstić information content (AvgIpc) is 3.32. The predicted octanol–water partition coefficient (Wildman–Crippen LogP) is 2.15. The van der Waals surface area contributed by atoms with Crippen LogP contribution in [-0.4, -0.2) is 51.5 Å². The summed E-state index contributed by atoms with van der Waals surface area (Å²) in [5, 5.41) is 2.89. The number of nitrogens with one attached hydrogen (secondary N) is 1. The van der Waals surface area contributed by atoms with E-state index in [1.807, 2.05) is 44.3 Å². The standard InChI is InChI=1S/C20H24N6O2/c1-14-19(26-11-4-3-7-16(26)22-14)20(27)21-8-12-28-18-13-17(23-15(2)24-18)25-9-5-6-10-25/h3-4,7,11,13H,5-6,8-10,12H2,1-2H3,(H,21,27). The van der Waals surface area contributed by atoms with Crippen LogP contribution < -0.4 is 15.0 Å². The van der Waals surface area contributed by atoms with Gasteiger partial charge in [-0.1, -0.05) is 6.07 Å². The molecule has 4 heterocycles. The van der Waals surface area contributed by atoms with Crippen LogP contribution in [0.2, 0.25) is 0 Å². The van der Waals surface area contributed by atoms with Gasteiger partial charge in [-0.15, -0.1) is 0 Å². The molecule has 146 valence electrons. The summed E-state index contributed by atoms with van der Waals surface area (Å²) in [6.45, 7) is 6.44. The lowest BCUT2D eigenvalue weighted by Crippen LogP contribution is -2.29. The van der Waals surface area contributed by atoms with E-state index in [1.165, 1.54) is 12.8 Å². The van der Waals surface area contributed by atoms with Crippen molar-refractivity contribution in [3.8, 4) is 5.88 Å². The highest BCUT2D eigenvalue weighted by Gasteiger charge is 2.17. The molecule has 0 aromatic carbocycles. The molecule has 1 aliphatic heterocycles. The third-order valence-electron chi connectivity index (χ3n) is 4.79. The number of carbonyl (C=O) groups excluding carboxylic acids is 1. The number of amides is 1. The molecule has 0 bridgehead atoms. The maximum atomic E-state index is 12.6. The first kappa shape index (κ1) is 18.2. The van der Waals surface area contributed by atoms with Crippen LogP contribution in [0.1, 0.15) is 34.8 Å². The van der Waals surface area contributed by atoms with E-state index in [9.17, 15) is 4.79 Å². The number of fused-ring (bicyclic) bond motifs is 1. The molecule has 0 saturated carbocycles. The molecule has 8 nitrogen and oxygen atoms in total. The van der Waals surface area contributed by atoms with Crippen LogP contribution in [0.5, 0.6) is 5.88 Å². The number of carbonyl (C=O) groups is 1. The van der Waals surface area contributed by atoms with Crippen LogP contribution in [0.3, 0.4) is 0 Å². The molecule has 4 rings (SSSR count). The van der Waals surface area contributed by atoms with Gasteiger partial charge < -0.3 is 15.0 Å². The minimum atomic E-state index is -0.170. The summed E-state index contributed by atoms with van der Waals surface area (Å²) in [5.41, 5.74) is 2.00. The number of hydrogen-bond acceptors (Lipinski definition) is 6. The fraction of sp³-hybridized carbons (Fsp3) is 0.400.